The second-order valence-electron chi connectivity index (χ2n) is 8.96. The molecule has 1 unspecified atom stereocenters. The Morgan fingerprint density at radius 3 is 2.56 bits per heavy atom. The Hall–Kier alpha value is -3.54. The molecule has 1 N–H and O–H groups in total. The molecule has 9 nitrogen and oxygen atoms in total. The third-order valence-electron chi connectivity index (χ3n) is 6.68. The molecule has 36 heavy (non-hydrogen) atoms. The lowest BCUT2D eigenvalue weighted by atomic mass is 10.0. The van der Waals surface area contributed by atoms with E-state index in [4.69, 9.17) is 16.3 Å². The molecule has 1 aromatic carbocycles. The SMILES string of the molecule is Cc1nc2c3c(nn2c(C)c1Cl)CN(C(=O)c1ccccc1OC1(C(F)(F)F)CCN(C(=O)O)C1)C3. The minimum atomic E-state index is -4.85. The van der Waals surface area contributed by atoms with E-state index in [0.717, 1.165) is 11.3 Å². The van der Waals surface area contributed by atoms with Crippen molar-refractivity contribution in [1.82, 2.24) is 24.4 Å². The minimum Gasteiger partial charge on any atom is -0.475 e. The Morgan fingerprint density at radius 1 is 1.17 bits per heavy atom. The van der Waals surface area contributed by atoms with E-state index in [0.29, 0.717) is 27.0 Å². The first-order valence-corrected chi connectivity index (χ1v) is 11.4. The number of rotatable bonds is 3. The zero-order chi connectivity index (χ0) is 26.0. The molecule has 2 amide bonds. The van der Waals surface area contributed by atoms with E-state index in [-0.39, 0.29) is 30.9 Å². The van der Waals surface area contributed by atoms with E-state index >= 15 is 0 Å². The van der Waals surface area contributed by atoms with Gasteiger partial charge in [0.05, 0.1) is 47.3 Å². The van der Waals surface area contributed by atoms with Crippen molar-refractivity contribution in [2.24, 2.45) is 0 Å². The summed E-state index contributed by atoms with van der Waals surface area (Å²) in [4.78, 5) is 31.3. The number of halogens is 4. The molecule has 1 saturated heterocycles. The molecule has 3 aromatic rings. The molecule has 2 aliphatic heterocycles. The summed E-state index contributed by atoms with van der Waals surface area (Å²) in [6.07, 6.45) is -6.90. The number of nitrogens with zero attached hydrogens (tertiary/aromatic N) is 5. The van der Waals surface area contributed by atoms with Crippen molar-refractivity contribution in [3.63, 3.8) is 0 Å². The maximum atomic E-state index is 14.1. The third kappa shape index (κ3) is 3.71. The number of aromatic nitrogens is 3. The Bertz CT molecular complexity index is 1410. The predicted molar refractivity (Wildman–Crippen MR) is 121 cm³/mol. The van der Waals surface area contributed by atoms with Gasteiger partial charge in [-0.05, 0) is 26.0 Å². The van der Waals surface area contributed by atoms with Gasteiger partial charge in [0.2, 0.25) is 5.60 Å². The quantitative estimate of drug-likeness (QED) is 0.552. The Labute approximate surface area is 208 Å². The molecule has 1 fully saturated rings. The number of fused-ring (bicyclic) bond motifs is 3. The third-order valence-corrected chi connectivity index (χ3v) is 7.23. The summed E-state index contributed by atoms with van der Waals surface area (Å²) < 4.78 is 49.3. The van der Waals surface area contributed by atoms with Crippen LogP contribution in [0.5, 0.6) is 5.75 Å². The molecule has 0 bridgehead atoms. The van der Waals surface area contributed by atoms with Crippen LogP contribution in [0, 0.1) is 13.8 Å². The van der Waals surface area contributed by atoms with Gasteiger partial charge in [0.25, 0.3) is 5.91 Å². The average Bonchev–Trinajstić information content (AvgIpc) is 3.52. The number of likely N-dealkylation sites (tertiary alicyclic amines) is 1. The minimum absolute atomic E-state index is 0.0552. The lowest BCUT2D eigenvalue weighted by molar-refractivity contribution is -0.242. The van der Waals surface area contributed by atoms with Crippen LogP contribution in [0.4, 0.5) is 18.0 Å². The van der Waals surface area contributed by atoms with Crippen LogP contribution in [0.3, 0.4) is 0 Å². The van der Waals surface area contributed by atoms with Gasteiger partial charge < -0.3 is 19.6 Å². The fraction of sp³-hybridized carbons (Fsp3) is 0.391. The van der Waals surface area contributed by atoms with E-state index in [2.05, 4.69) is 10.1 Å². The summed E-state index contributed by atoms with van der Waals surface area (Å²) in [5.74, 6) is -0.794. The van der Waals surface area contributed by atoms with Gasteiger partial charge in [-0.15, -0.1) is 0 Å². The number of aryl methyl sites for hydroxylation is 2. The molecule has 5 rings (SSSR count). The molecule has 0 spiro atoms. The van der Waals surface area contributed by atoms with Crippen LogP contribution < -0.4 is 4.74 Å². The van der Waals surface area contributed by atoms with Crippen LogP contribution in [0.1, 0.15) is 39.4 Å². The van der Waals surface area contributed by atoms with Crippen LogP contribution >= 0.6 is 11.6 Å². The lowest BCUT2D eigenvalue weighted by Gasteiger charge is -2.33. The number of hydrogen-bond donors (Lipinski definition) is 1. The molecule has 0 aliphatic carbocycles. The molecule has 1 atom stereocenters. The van der Waals surface area contributed by atoms with E-state index in [1.54, 1.807) is 11.4 Å². The van der Waals surface area contributed by atoms with Crippen molar-refractivity contribution < 1.29 is 32.6 Å². The number of benzene rings is 1. The number of carbonyl (C=O) groups excluding carboxylic acids is 1. The molecule has 0 saturated carbocycles. The van der Waals surface area contributed by atoms with Gasteiger partial charge in [-0.2, -0.15) is 18.3 Å². The highest BCUT2D eigenvalue weighted by Crippen LogP contribution is 2.42. The van der Waals surface area contributed by atoms with Crippen LogP contribution in [0.15, 0.2) is 24.3 Å². The average molecular weight is 524 g/mol. The molecule has 190 valence electrons. The van der Waals surface area contributed by atoms with E-state index in [1.807, 2.05) is 6.92 Å². The van der Waals surface area contributed by atoms with Crippen molar-refractivity contribution in [2.75, 3.05) is 13.1 Å². The first-order chi connectivity index (χ1) is 16.9. The zero-order valence-corrected chi connectivity index (χ0v) is 20.0. The summed E-state index contributed by atoms with van der Waals surface area (Å²) >= 11 is 6.28. The van der Waals surface area contributed by atoms with Crippen LogP contribution in [-0.4, -0.2) is 66.4 Å². The standard InChI is InChI=1S/C23H21ClF3N5O4/c1-12-18(24)13(2)32-19(28-12)15-9-31(10-16(15)29-32)20(33)14-5-3-4-6-17(14)36-22(23(25,26)27)7-8-30(11-22)21(34)35/h3-6H,7-11H2,1-2H3,(H,34,35). The van der Waals surface area contributed by atoms with Crippen molar-refractivity contribution >= 4 is 29.2 Å². The van der Waals surface area contributed by atoms with Crippen molar-refractivity contribution in [3.05, 3.63) is 57.5 Å². The number of para-hydroxylation sites is 1. The fourth-order valence-electron chi connectivity index (χ4n) is 4.69. The highest BCUT2D eigenvalue weighted by Gasteiger charge is 2.61. The number of amides is 2. The molecule has 4 heterocycles. The monoisotopic (exact) mass is 523 g/mol. The van der Waals surface area contributed by atoms with E-state index in [9.17, 15) is 27.9 Å². The number of ether oxygens (including phenoxy) is 1. The maximum Gasteiger partial charge on any atom is 0.430 e. The van der Waals surface area contributed by atoms with Crippen molar-refractivity contribution in [2.45, 2.75) is 45.1 Å². The molecular weight excluding hydrogens is 503 g/mol. The topological polar surface area (TPSA) is 100 Å². The Morgan fingerprint density at radius 2 is 1.89 bits per heavy atom. The molecule has 0 radical (unpaired) electrons. The Balaban J connectivity index is 1.44. The first kappa shape index (κ1) is 24.2. The summed E-state index contributed by atoms with van der Waals surface area (Å²) in [7, 11) is 0. The second-order valence-corrected chi connectivity index (χ2v) is 9.34. The summed E-state index contributed by atoms with van der Waals surface area (Å²) in [6.45, 7) is 2.67. The second kappa shape index (κ2) is 8.26. The van der Waals surface area contributed by atoms with Gasteiger partial charge in [0.15, 0.2) is 5.65 Å². The number of hydrogen-bond acceptors (Lipinski definition) is 5. The van der Waals surface area contributed by atoms with Gasteiger partial charge in [0.1, 0.15) is 5.75 Å². The summed E-state index contributed by atoms with van der Waals surface area (Å²) in [5, 5.41) is 14.2. The van der Waals surface area contributed by atoms with Crippen LogP contribution in [0.25, 0.3) is 5.65 Å². The van der Waals surface area contributed by atoms with Crippen LogP contribution in [-0.2, 0) is 13.1 Å². The normalized spacial score (nSPS) is 19.7. The smallest absolute Gasteiger partial charge is 0.430 e. The largest absolute Gasteiger partial charge is 0.475 e. The molecular formula is C23H21ClF3N5O4. The predicted octanol–water partition coefficient (Wildman–Crippen LogP) is 4.22. The van der Waals surface area contributed by atoms with Gasteiger partial charge >= 0.3 is 12.3 Å². The van der Waals surface area contributed by atoms with Gasteiger partial charge in [-0.1, -0.05) is 23.7 Å². The lowest BCUT2D eigenvalue weighted by Crippen LogP contribution is -2.53. The van der Waals surface area contributed by atoms with E-state index < -0.39 is 36.7 Å². The number of alkyl halides is 3. The maximum absolute atomic E-state index is 14.1. The fourth-order valence-corrected chi connectivity index (χ4v) is 4.81. The highest BCUT2D eigenvalue weighted by molar-refractivity contribution is 6.31. The molecule has 2 aromatic heterocycles. The van der Waals surface area contributed by atoms with Crippen molar-refractivity contribution in [1.29, 1.82) is 0 Å². The van der Waals surface area contributed by atoms with Gasteiger partial charge in [-0.3, -0.25) is 4.79 Å². The number of carbonyl (C=O) groups is 2. The van der Waals surface area contributed by atoms with Crippen molar-refractivity contribution in [3.8, 4) is 5.75 Å². The summed E-state index contributed by atoms with van der Waals surface area (Å²) in [6, 6.07) is 5.67. The molecule has 13 heteroatoms. The first-order valence-electron chi connectivity index (χ1n) is 11.1. The highest BCUT2D eigenvalue weighted by atomic mass is 35.5. The van der Waals surface area contributed by atoms with E-state index in [1.165, 1.54) is 29.2 Å². The van der Waals surface area contributed by atoms with Crippen LogP contribution in [0.2, 0.25) is 5.02 Å². The Kier molecular flexibility index (Phi) is 5.54. The zero-order valence-electron chi connectivity index (χ0n) is 19.3. The molecule has 2 aliphatic rings. The summed E-state index contributed by atoms with van der Waals surface area (Å²) in [5.41, 5.74) is 0.464. The van der Waals surface area contributed by atoms with Gasteiger partial charge in [0, 0.05) is 18.5 Å². The number of carboxylic acid groups (broad SMARTS) is 1. The van der Waals surface area contributed by atoms with Gasteiger partial charge in [-0.25, -0.2) is 14.3 Å².